The van der Waals surface area contributed by atoms with Crippen LogP contribution in [0.3, 0.4) is 0 Å². The van der Waals surface area contributed by atoms with E-state index in [1.54, 1.807) is 12.1 Å². The fraction of sp³-hybridized carbons (Fsp3) is 0.550. The van der Waals surface area contributed by atoms with E-state index in [4.69, 9.17) is 9.47 Å². The molecule has 1 heterocycles. The van der Waals surface area contributed by atoms with Gasteiger partial charge in [-0.15, -0.1) is 0 Å². The number of urea groups is 1. The van der Waals surface area contributed by atoms with E-state index >= 15 is 0 Å². The molecule has 0 aromatic heterocycles. The maximum absolute atomic E-state index is 12.6. The fourth-order valence-corrected chi connectivity index (χ4v) is 3.49. The number of carbonyl (C=O) groups is 3. The first-order valence-corrected chi connectivity index (χ1v) is 9.66. The largest absolute Gasteiger partial charge is 0.494 e. The van der Waals surface area contributed by atoms with Crippen molar-refractivity contribution in [3.63, 3.8) is 0 Å². The van der Waals surface area contributed by atoms with Gasteiger partial charge >= 0.3 is 17.8 Å². The number of hydrogen-bond donors (Lipinski definition) is 0. The van der Waals surface area contributed by atoms with Gasteiger partial charge in [-0.05, 0) is 43.5 Å². The van der Waals surface area contributed by atoms with Crippen molar-refractivity contribution in [3.05, 3.63) is 24.3 Å². The fourth-order valence-electron chi connectivity index (χ4n) is 3.49. The standard InChI is InChI=1S/C20H26N2O5/c1-2-13-26-16-8-10-17(11-9-16)27-14-12-21-18(23)19(24)22(20(21)25)15-6-4-3-5-7-15/h8-11,15H,2-7,12-14H2,1H3. The highest BCUT2D eigenvalue weighted by Gasteiger charge is 2.47. The Labute approximate surface area is 159 Å². The lowest BCUT2D eigenvalue weighted by atomic mass is 9.94. The maximum Gasteiger partial charge on any atom is 0.334 e. The number of carbonyl (C=O) groups excluding carboxylic acids is 3. The summed E-state index contributed by atoms with van der Waals surface area (Å²) >= 11 is 0. The van der Waals surface area contributed by atoms with Crippen molar-refractivity contribution < 1.29 is 23.9 Å². The summed E-state index contributed by atoms with van der Waals surface area (Å²) in [4.78, 5) is 39.1. The summed E-state index contributed by atoms with van der Waals surface area (Å²) in [7, 11) is 0. The summed E-state index contributed by atoms with van der Waals surface area (Å²) in [6, 6.07) is 6.51. The van der Waals surface area contributed by atoms with E-state index in [1.807, 2.05) is 19.1 Å². The summed E-state index contributed by atoms with van der Waals surface area (Å²) in [6.07, 6.45) is 5.57. The Morgan fingerprint density at radius 2 is 1.48 bits per heavy atom. The molecule has 0 atom stereocenters. The average Bonchev–Trinajstić information content (AvgIpc) is 2.91. The van der Waals surface area contributed by atoms with Gasteiger partial charge in [0.1, 0.15) is 18.1 Å². The molecule has 0 unspecified atom stereocenters. The van der Waals surface area contributed by atoms with Crippen molar-refractivity contribution >= 4 is 17.8 Å². The Morgan fingerprint density at radius 1 is 0.889 bits per heavy atom. The molecule has 1 aliphatic carbocycles. The van der Waals surface area contributed by atoms with E-state index in [0.717, 1.165) is 54.1 Å². The van der Waals surface area contributed by atoms with Crippen molar-refractivity contribution in [1.29, 1.82) is 0 Å². The average molecular weight is 374 g/mol. The monoisotopic (exact) mass is 374 g/mol. The van der Waals surface area contributed by atoms with E-state index in [0.29, 0.717) is 12.4 Å². The number of amides is 4. The van der Waals surface area contributed by atoms with Gasteiger partial charge in [-0.1, -0.05) is 26.2 Å². The number of imide groups is 2. The second kappa shape index (κ2) is 8.88. The van der Waals surface area contributed by atoms with E-state index in [9.17, 15) is 14.4 Å². The van der Waals surface area contributed by atoms with Crippen LogP contribution in [0.4, 0.5) is 4.79 Å². The van der Waals surface area contributed by atoms with Crippen molar-refractivity contribution in [3.8, 4) is 11.5 Å². The first kappa shape index (κ1) is 19.2. The molecule has 1 aliphatic heterocycles. The molecule has 4 amide bonds. The van der Waals surface area contributed by atoms with Gasteiger partial charge in [0.2, 0.25) is 0 Å². The molecule has 1 saturated heterocycles. The Bertz CT molecular complexity index is 682. The molecule has 2 fully saturated rings. The Morgan fingerprint density at radius 3 is 2.07 bits per heavy atom. The van der Waals surface area contributed by atoms with Crippen LogP contribution in [0.2, 0.25) is 0 Å². The molecule has 0 bridgehead atoms. The van der Waals surface area contributed by atoms with E-state index in [1.165, 1.54) is 0 Å². The van der Waals surface area contributed by atoms with Crippen LogP contribution in [0.1, 0.15) is 45.4 Å². The molecular weight excluding hydrogens is 348 g/mol. The molecule has 0 N–H and O–H groups in total. The first-order chi connectivity index (χ1) is 13.1. The van der Waals surface area contributed by atoms with Gasteiger partial charge in [-0.25, -0.2) is 4.79 Å². The summed E-state index contributed by atoms with van der Waals surface area (Å²) in [5, 5.41) is 0. The second-order valence-electron chi connectivity index (χ2n) is 6.87. The van der Waals surface area contributed by atoms with Crippen molar-refractivity contribution in [1.82, 2.24) is 9.80 Å². The molecule has 1 saturated carbocycles. The number of hydrogen-bond acceptors (Lipinski definition) is 5. The molecule has 1 aromatic carbocycles. The topological polar surface area (TPSA) is 76.2 Å². The van der Waals surface area contributed by atoms with Crippen molar-refractivity contribution in [2.24, 2.45) is 0 Å². The van der Waals surface area contributed by atoms with E-state index in [-0.39, 0.29) is 19.2 Å². The minimum absolute atomic E-state index is 0.0563. The molecule has 27 heavy (non-hydrogen) atoms. The van der Waals surface area contributed by atoms with Crippen LogP contribution in [0.25, 0.3) is 0 Å². The zero-order valence-corrected chi connectivity index (χ0v) is 15.7. The third kappa shape index (κ3) is 4.40. The Balaban J connectivity index is 1.52. The summed E-state index contributed by atoms with van der Waals surface area (Å²) < 4.78 is 11.1. The van der Waals surface area contributed by atoms with Gasteiger partial charge < -0.3 is 9.47 Å². The Kier molecular flexibility index (Phi) is 6.32. The van der Waals surface area contributed by atoms with Gasteiger partial charge in [0, 0.05) is 6.04 Å². The molecule has 3 rings (SSSR count). The lowest BCUT2D eigenvalue weighted by Gasteiger charge is -2.28. The van der Waals surface area contributed by atoms with Crippen LogP contribution in [0, 0.1) is 0 Å². The lowest BCUT2D eigenvalue weighted by molar-refractivity contribution is -0.144. The quantitative estimate of drug-likeness (QED) is 0.516. The van der Waals surface area contributed by atoms with Crippen LogP contribution >= 0.6 is 0 Å². The summed E-state index contributed by atoms with van der Waals surface area (Å²) in [5.41, 5.74) is 0. The second-order valence-corrected chi connectivity index (χ2v) is 6.87. The highest BCUT2D eigenvalue weighted by Crippen LogP contribution is 2.27. The van der Waals surface area contributed by atoms with Crippen molar-refractivity contribution in [2.45, 2.75) is 51.5 Å². The SMILES string of the molecule is CCCOc1ccc(OCCN2C(=O)C(=O)N(C3CCCCC3)C2=O)cc1. The molecule has 0 radical (unpaired) electrons. The van der Waals surface area contributed by atoms with Gasteiger partial charge in [0.15, 0.2) is 0 Å². The van der Waals surface area contributed by atoms with Gasteiger partial charge in [0.25, 0.3) is 0 Å². The molecular formula is C20H26N2O5. The molecule has 7 heteroatoms. The summed E-state index contributed by atoms with van der Waals surface area (Å²) in [5.74, 6) is -0.0713. The molecule has 7 nitrogen and oxygen atoms in total. The third-order valence-corrected chi connectivity index (χ3v) is 4.90. The molecule has 2 aliphatic rings. The van der Waals surface area contributed by atoms with Crippen LogP contribution in [-0.4, -0.2) is 53.4 Å². The summed E-state index contributed by atoms with van der Waals surface area (Å²) in [6.45, 7) is 2.89. The number of nitrogens with zero attached hydrogens (tertiary/aromatic N) is 2. The van der Waals surface area contributed by atoms with Crippen molar-refractivity contribution in [2.75, 3.05) is 19.8 Å². The van der Waals surface area contributed by atoms with Crippen LogP contribution in [0.15, 0.2) is 24.3 Å². The molecule has 1 aromatic rings. The zero-order chi connectivity index (χ0) is 19.2. The minimum atomic E-state index is -0.752. The van der Waals surface area contributed by atoms with Gasteiger partial charge in [0.05, 0.1) is 13.2 Å². The maximum atomic E-state index is 12.6. The zero-order valence-electron chi connectivity index (χ0n) is 15.7. The normalized spacial score (nSPS) is 18.3. The smallest absolute Gasteiger partial charge is 0.334 e. The lowest BCUT2D eigenvalue weighted by Crippen LogP contribution is -2.42. The highest BCUT2D eigenvalue weighted by molar-refractivity contribution is 6.44. The number of benzene rings is 1. The number of rotatable bonds is 8. The van der Waals surface area contributed by atoms with E-state index < -0.39 is 17.8 Å². The van der Waals surface area contributed by atoms with Crippen LogP contribution in [-0.2, 0) is 9.59 Å². The number of ether oxygens (including phenoxy) is 2. The minimum Gasteiger partial charge on any atom is -0.494 e. The molecule has 0 spiro atoms. The highest BCUT2D eigenvalue weighted by atomic mass is 16.5. The van der Waals surface area contributed by atoms with Crippen LogP contribution < -0.4 is 9.47 Å². The van der Waals surface area contributed by atoms with E-state index in [2.05, 4.69) is 0 Å². The predicted molar refractivity (Wildman–Crippen MR) is 98.6 cm³/mol. The first-order valence-electron chi connectivity index (χ1n) is 9.66. The van der Waals surface area contributed by atoms with Gasteiger partial charge in [-0.3, -0.25) is 19.4 Å². The predicted octanol–water partition coefficient (Wildman–Crippen LogP) is 2.98. The third-order valence-electron chi connectivity index (χ3n) is 4.90. The Hall–Kier alpha value is -2.57. The molecule has 146 valence electrons. The van der Waals surface area contributed by atoms with Gasteiger partial charge in [-0.2, -0.15) is 0 Å². The van der Waals surface area contributed by atoms with Crippen LogP contribution in [0.5, 0.6) is 11.5 Å².